The van der Waals surface area contributed by atoms with E-state index in [9.17, 15) is 9.59 Å². The maximum absolute atomic E-state index is 12.1. The molecule has 0 aliphatic carbocycles. The van der Waals surface area contributed by atoms with Gasteiger partial charge in [-0.15, -0.1) is 0 Å². The first-order valence-electron chi connectivity index (χ1n) is 6.64. The summed E-state index contributed by atoms with van der Waals surface area (Å²) in [4.78, 5) is 24.8. The van der Waals surface area contributed by atoms with E-state index < -0.39 is 17.7 Å². The fourth-order valence-corrected chi connectivity index (χ4v) is 1.91. The first-order valence-corrected chi connectivity index (χ1v) is 6.64. The molecule has 0 aromatic heterocycles. The number of nitrogens with zero attached hydrogens (tertiary/aromatic N) is 1. The van der Waals surface area contributed by atoms with Gasteiger partial charge in [-0.25, -0.2) is 4.79 Å². The van der Waals surface area contributed by atoms with E-state index in [-0.39, 0.29) is 0 Å². The normalized spacial score (nSPS) is 12.7. The molecule has 1 unspecified atom stereocenters. The first kappa shape index (κ1) is 16.2. The third-order valence-electron chi connectivity index (χ3n) is 3.19. The van der Waals surface area contributed by atoms with E-state index in [1.54, 1.807) is 27.8 Å². The van der Waals surface area contributed by atoms with Crippen molar-refractivity contribution in [1.29, 1.82) is 0 Å². The van der Waals surface area contributed by atoms with Gasteiger partial charge < -0.3 is 9.53 Å². The van der Waals surface area contributed by atoms with Gasteiger partial charge in [0.1, 0.15) is 17.9 Å². The third-order valence-corrected chi connectivity index (χ3v) is 3.19. The van der Waals surface area contributed by atoms with Crippen molar-refractivity contribution < 1.29 is 14.3 Å². The summed E-state index contributed by atoms with van der Waals surface area (Å²) < 4.78 is 5.30. The highest BCUT2D eigenvalue weighted by molar-refractivity contribution is 5.75. The molecule has 0 spiro atoms. The Morgan fingerprint density at radius 3 is 2.40 bits per heavy atom. The predicted molar refractivity (Wildman–Crippen MR) is 78.7 cm³/mol. The van der Waals surface area contributed by atoms with Crippen molar-refractivity contribution in [3.05, 3.63) is 34.9 Å². The summed E-state index contributed by atoms with van der Waals surface area (Å²) in [6, 6.07) is 5.10. The summed E-state index contributed by atoms with van der Waals surface area (Å²) in [5, 5.41) is 0. The van der Waals surface area contributed by atoms with Crippen LogP contribution in [0.15, 0.2) is 18.2 Å². The van der Waals surface area contributed by atoms with E-state index in [4.69, 9.17) is 4.74 Å². The van der Waals surface area contributed by atoms with Crippen molar-refractivity contribution in [1.82, 2.24) is 4.90 Å². The zero-order valence-electron chi connectivity index (χ0n) is 13.1. The molecule has 0 saturated carbocycles. The maximum Gasteiger partial charge on any atom is 0.410 e. The Morgan fingerprint density at radius 2 is 1.90 bits per heavy atom. The number of aryl methyl sites for hydroxylation is 1. The molecule has 0 radical (unpaired) electrons. The summed E-state index contributed by atoms with van der Waals surface area (Å²) in [5.41, 5.74) is 2.35. The highest BCUT2D eigenvalue weighted by atomic mass is 16.6. The molecule has 0 fully saturated rings. The molecule has 0 aliphatic heterocycles. The first-order chi connectivity index (χ1) is 9.17. The topological polar surface area (TPSA) is 46.6 Å². The summed E-state index contributed by atoms with van der Waals surface area (Å²) in [6.45, 7) is 9.32. The minimum absolute atomic E-state index is 0.504. The fourth-order valence-electron chi connectivity index (χ4n) is 1.91. The molecule has 1 aromatic carbocycles. The van der Waals surface area contributed by atoms with E-state index in [0.717, 1.165) is 23.0 Å². The molecule has 0 N–H and O–H groups in total. The van der Waals surface area contributed by atoms with Crippen LogP contribution < -0.4 is 0 Å². The van der Waals surface area contributed by atoms with E-state index in [1.807, 2.05) is 32.0 Å². The number of likely N-dealkylation sites (N-methyl/N-ethyl adjacent to an activating group) is 1. The van der Waals surface area contributed by atoms with Crippen molar-refractivity contribution in [3.63, 3.8) is 0 Å². The van der Waals surface area contributed by atoms with Crippen LogP contribution in [0.2, 0.25) is 0 Å². The second kappa shape index (κ2) is 6.07. The average Bonchev–Trinajstić information content (AvgIpc) is 2.33. The Labute approximate surface area is 120 Å². The van der Waals surface area contributed by atoms with Crippen molar-refractivity contribution in [3.8, 4) is 0 Å². The second-order valence-electron chi connectivity index (χ2n) is 5.96. The smallest absolute Gasteiger partial charge is 0.410 e. The summed E-state index contributed by atoms with van der Waals surface area (Å²) in [5.74, 6) is 0. The predicted octanol–water partition coefficient (Wildman–Crippen LogP) is 3.41. The number of hydrogen-bond donors (Lipinski definition) is 0. The molecule has 1 rings (SSSR count). The van der Waals surface area contributed by atoms with Crippen molar-refractivity contribution in [2.24, 2.45) is 0 Å². The molecule has 4 heteroatoms. The van der Waals surface area contributed by atoms with E-state index in [0.29, 0.717) is 0 Å². The van der Waals surface area contributed by atoms with Crippen LogP contribution in [0.25, 0.3) is 0 Å². The van der Waals surface area contributed by atoms with Crippen molar-refractivity contribution in [2.45, 2.75) is 46.3 Å². The SMILES string of the molecule is Cc1cccc(C(C=O)N(C)C(=O)OC(C)(C)C)c1C. The van der Waals surface area contributed by atoms with Crippen LogP contribution in [-0.4, -0.2) is 29.9 Å². The van der Waals surface area contributed by atoms with Gasteiger partial charge in [0, 0.05) is 7.05 Å². The number of hydrogen-bond acceptors (Lipinski definition) is 3. The number of carbonyl (C=O) groups is 2. The quantitative estimate of drug-likeness (QED) is 0.795. The van der Waals surface area contributed by atoms with Gasteiger partial charge >= 0.3 is 6.09 Å². The molecular formula is C16H23NO3. The molecule has 0 aliphatic rings. The Morgan fingerprint density at radius 1 is 1.30 bits per heavy atom. The number of rotatable bonds is 3. The van der Waals surface area contributed by atoms with Crippen molar-refractivity contribution in [2.75, 3.05) is 7.05 Å². The molecule has 4 nitrogen and oxygen atoms in total. The lowest BCUT2D eigenvalue weighted by molar-refractivity contribution is -0.112. The third kappa shape index (κ3) is 3.83. The minimum atomic E-state index is -0.634. The lowest BCUT2D eigenvalue weighted by atomic mass is 9.97. The van der Waals surface area contributed by atoms with E-state index in [1.165, 1.54) is 4.90 Å². The highest BCUT2D eigenvalue weighted by Gasteiger charge is 2.27. The lowest BCUT2D eigenvalue weighted by Gasteiger charge is -2.29. The Hall–Kier alpha value is -1.84. The van der Waals surface area contributed by atoms with E-state index >= 15 is 0 Å². The number of benzene rings is 1. The zero-order chi connectivity index (χ0) is 15.5. The lowest BCUT2D eigenvalue weighted by Crippen LogP contribution is -2.37. The highest BCUT2D eigenvalue weighted by Crippen LogP contribution is 2.24. The maximum atomic E-state index is 12.1. The molecule has 0 bridgehead atoms. The number of amides is 1. The average molecular weight is 277 g/mol. The summed E-state index contributed by atoms with van der Waals surface area (Å²) >= 11 is 0. The van der Waals surface area contributed by atoms with Gasteiger partial charge in [0.25, 0.3) is 0 Å². The number of aldehydes is 1. The Kier molecular flexibility index (Phi) is 4.93. The Balaban J connectivity index is 3.04. The second-order valence-corrected chi connectivity index (χ2v) is 5.96. The van der Waals surface area contributed by atoms with Gasteiger partial charge in [-0.2, -0.15) is 0 Å². The molecule has 0 heterocycles. The van der Waals surface area contributed by atoms with Crippen LogP contribution in [0, 0.1) is 13.8 Å². The standard InChI is InChI=1S/C16H23NO3/c1-11-8-7-9-13(12(11)2)14(10-18)17(6)15(19)20-16(3,4)5/h7-10,14H,1-6H3. The molecule has 1 aromatic rings. The van der Waals surface area contributed by atoms with Gasteiger partial charge in [-0.05, 0) is 51.3 Å². The van der Waals surface area contributed by atoms with E-state index in [2.05, 4.69) is 0 Å². The summed E-state index contributed by atoms with van der Waals surface area (Å²) in [6.07, 6.45) is 0.265. The van der Waals surface area contributed by atoms with Crippen LogP contribution in [0.4, 0.5) is 4.79 Å². The minimum Gasteiger partial charge on any atom is -0.444 e. The largest absolute Gasteiger partial charge is 0.444 e. The Bertz CT molecular complexity index is 503. The van der Waals surface area contributed by atoms with Crippen LogP contribution in [0.3, 0.4) is 0 Å². The monoisotopic (exact) mass is 277 g/mol. The van der Waals surface area contributed by atoms with Crippen molar-refractivity contribution >= 4 is 12.4 Å². The van der Waals surface area contributed by atoms with Gasteiger partial charge in [-0.3, -0.25) is 4.90 Å². The fraction of sp³-hybridized carbons (Fsp3) is 0.500. The molecule has 1 atom stereocenters. The van der Waals surface area contributed by atoms with Gasteiger partial charge in [0.05, 0.1) is 0 Å². The van der Waals surface area contributed by atoms with Gasteiger partial charge in [0.15, 0.2) is 0 Å². The van der Waals surface area contributed by atoms with Gasteiger partial charge in [-0.1, -0.05) is 18.2 Å². The molecule has 110 valence electrons. The number of carbonyl (C=O) groups excluding carboxylic acids is 2. The summed E-state index contributed by atoms with van der Waals surface area (Å²) in [7, 11) is 1.58. The van der Waals surface area contributed by atoms with Crippen LogP contribution in [0.1, 0.15) is 43.5 Å². The molecule has 1 amide bonds. The van der Waals surface area contributed by atoms with Crippen LogP contribution in [-0.2, 0) is 9.53 Å². The molecular weight excluding hydrogens is 254 g/mol. The zero-order valence-corrected chi connectivity index (χ0v) is 13.1. The van der Waals surface area contributed by atoms with Gasteiger partial charge in [0.2, 0.25) is 0 Å². The molecule has 0 saturated heterocycles. The number of ether oxygens (including phenoxy) is 1. The van der Waals surface area contributed by atoms with Crippen LogP contribution >= 0.6 is 0 Å². The van der Waals surface area contributed by atoms with Crippen LogP contribution in [0.5, 0.6) is 0 Å². The molecule has 20 heavy (non-hydrogen) atoms.